The van der Waals surface area contributed by atoms with Crippen molar-refractivity contribution in [3.63, 3.8) is 0 Å². The molecular formula is C14H13ClN2O4S. The Bertz CT molecular complexity index is 821. The molecule has 1 amide bonds. The molecule has 2 aromatic rings. The summed E-state index contributed by atoms with van der Waals surface area (Å²) in [4.78, 5) is 15.7. The summed E-state index contributed by atoms with van der Waals surface area (Å²) < 4.78 is 31.5. The summed E-state index contributed by atoms with van der Waals surface area (Å²) in [7, 11) is -2.50. The lowest BCUT2D eigenvalue weighted by Gasteiger charge is -2.09. The second-order valence-electron chi connectivity index (χ2n) is 4.43. The quantitative estimate of drug-likeness (QED) is 0.862. The van der Waals surface area contributed by atoms with Gasteiger partial charge in [-0.15, -0.1) is 0 Å². The van der Waals surface area contributed by atoms with Crippen LogP contribution in [0.4, 0.5) is 0 Å². The van der Waals surface area contributed by atoms with Gasteiger partial charge in [-0.3, -0.25) is 4.79 Å². The third-order valence-electron chi connectivity index (χ3n) is 2.89. The molecule has 22 heavy (non-hydrogen) atoms. The SMILES string of the molecule is COc1ccc(S(=O)(=O)NC(=O)c2ccnc(Cl)c2)cc1C. The molecule has 116 valence electrons. The fourth-order valence-electron chi connectivity index (χ4n) is 1.80. The maximum absolute atomic E-state index is 12.2. The minimum Gasteiger partial charge on any atom is -0.496 e. The van der Waals surface area contributed by atoms with E-state index >= 15 is 0 Å². The van der Waals surface area contributed by atoms with Gasteiger partial charge in [-0.05, 0) is 42.8 Å². The van der Waals surface area contributed by atoms with Crippen LogP contribution in [-0.2, 0) is 10.0 Å². The fraction of sp³-hybridized carbons (Fsp3) is 0.143. The number of benzene rings is 1. The molecule has 2 rings (SSSR count). The summed E-state index contributed by atoms with van der Waals surface area (Å²) in [6.07, 6.45) is 1.32. The number of hydrogen-bond acceptors (Lipinski definition) is 5. The van der Waals surface area contributed by atoms with E-state index in [-0.39, 0.29) is 15.6 Å². The Kier molecular flexibility index (Phi) is 4.68. The first-order valence-electron chi connectivity index (χ1n) is 6.17. The lowest BCUT2D eigenvalue weighted by molar-refractivity contribution is 0.0981. The molecule has 0 unspecified atom stereocenters. The Morgan fingerprint density at radius 3 is 2.59 bits per heavy atom. The highest BCUT2D eigenvalue weighted by Crippen LogP contribution is 2.21. The van der Waals surface area contributed by atoms with Gasteiger partial charge in [-0.1, -0.05) is 11.6 Å². The zero-order chi connectivity index (χ0) is 16.3. The van der Waals surface area contributed by atoms with Gasteiger partial charge in [-0.2, -0.15) is 0 Å². The molecule has 0 spiro atoms. The molecule has 1 N–H and O–H groups in total. The van der Waals surface area contributed by atoms with Crippen LogP contribution in [0.1, 0.15) is 15.9 Å². The topological polar surface area (TPSA) is 85.4 Å². The van der Waals surface area contributed by atoms with Crippen LogP contribution in [0.5, 0.6) is 5.75 Å². The van der Waals surface area contributed by atoms with Crippen LogP contribution in [0.2, 0.25) is 5.15 Å². The first-order chi connectivity index (χ1) is 10.3. The summed E-state index contributed by atoms with van der Waals surface area (Å²) >= 11 is 5.68. The highest BCUT2D eigenvalue weighted by Gasteiger charge is 2.19. The zero-order valence-corrected chi connectivity index (χ0v) is 13.4. The number of nitrogens with one attached hydrogen (secondary N) is 1. The molecule has 0 fully saturated rings. The maximum atomic E-state index is 12.2. The Labute approximate surface area is 133 Å². The first-order valence-corrected chi connectivity index (χ1v) is 8.03. The van der Waals surface area contributed by atoms with E-state index in [0.29, 0.717) is 11.3 Å². The van der Waals surface area contributed by atoms with Crippen LogP contribution in [0, 0.1) is 6.92 Å². The van der Waals surface area contributed by atoms with Gasteiger partial charge in [0.25, 0.3) is 15.9 Å². The number of carbonyl (C=O) groups is 1. The van der Waals surface area contributed by atoms with Gasteiger partial charge in [-0.25, -0.2) is 18.1 Å². The number of aromatic nitrogens is 1. The number of hydrogen-bond donors (Lipinski definition) is 1. The summed E-state index contributed by atoms with van der Waals surface area (Å²) in [5.74, 6) is -0.219. The van der Waals surface area contributed by atoms with Gasteiger partial charge >= 0.3 is 0 Å². The van der Waals surface area contributed by atoms with Crippen LogP contribution in [-0.4, -0.2) is 26.4 Å². The van der Waals surface area contributed by atoms with E-state index in [9.17, 15) is 13.2 Å². The Balaban J connectivity index is 2.28. The van der Waals surface area contributed by atoms with Crippen LogP contribution >= 0.6 is 11.6 Å². The van der Waals surface area contributed by atoms with Crippen LogP contribution < -0.4 is 9.46 Å². The van der Waals surface area contributed by atoms with E-state index in [2.05, 4.69) is 4.98 Å². The number of aryl methyl sites for hydroxylation is 1. The largest absolute Gasteiger partial charge is 0.496 e. The van der Waals surface area contributed by atoms with Gasteiger partial charge in [0.05, 0.1) is 12.0 Å². The van der Waals surface area contributed by atoms with Crippen LogP contribution in [0.25, 0.3) is 0 Å². The molecule has 0 bridgehead atoms. The van der Waals surface area contributed by atoms with Crippen molar-refractivity contribution in [3.05, 3.63) is 52.8 Å². The van der Waals surface area contributed by atoms with Crippen molar-refractivity contribution in [1.82, 2.24) is 9.71 Å². The highest BCUT2D eigenvalue weighted by molar-refractivity contribution is 7.90. The second kappa shape index (κ2) is 6.33. The van der Waals surface area contributed by atoms with E-state index in [0.717, 1.165) is 0 Å². The minimum atomic E-state index is -3.99. The van der Waals surface area contributed by atoms with Crippen molar-refractivity contribution < 1.29 is 17.9 Å². The number of halogens is 1. The molecule has 0 aliphatic carbocycles. The van der Waals surface area contributed by atoms with E-state index in [1.165, 1.54) is 43.6 Å². The second-order valence-corrected chi connectivity index (χ2v) is 6.50. The lowest BCUT2D eigenvalue weighted by Crippen LogP contribution is -2.30. The molecule has 0 aliphatic heterocycles. The van der Waals surface area contributed by atoms with E-state index < -0.39 is 15.9 Å². The van der Waals surface area contributed by atoms with Crippen LogP contribution in [0.3, 0.4) is 0 Å². The normalized spacial score (nSPS) is 11.0. The molecule has 0 aliphatic rings. The number of ether oxygens (including phenoxy) is 1. The van der Waals surface area contributed by atoms with Crippen LogP contribution in [0.15, 0.2) is 41.4 Å². The summed E-state index contributed by atoms with van der Waals surface area (Å²) in [6, 6.07) is 6.97. The monoisotopic (exact) mass is 340 g/mol. The number of sulfonamides is 1. The average molecular weight is 341 g/mol. The third-order valence-corrected chi connectivity index (χ3v) is 4.43. The molecule has 0 saturated carbocycles. The van der Waals surface area contributed by atoms with E-state index in [4.69, 9.17) is 16.3 Å². The Hall–Kier alpha value is -2.12. The Morgan fingerprint density at radius 1 is 1.27 bits per heavy atom. The Morgan fingerprint density at radius 2 is 2.00 bits per heavy atom. The number of pyridine rings is 1. The molecular weight excluding hydrogens is 328 g/mol. The van der Waals surface area contributed by atoms with Crippen molar-refractivity contribution in [2.24, 2.45) is 0 Å². The van der Waals surface area contributed by atoms with Gasteiger partial charge in [0.15, 0.2) is 0 Å². The maximum Gasteiger partial charge on any atom is 0.265 e. The minimum absolute atomic E-state index is 0.0284. The smallest absolute Gasteiger partial charge is 0.265 e. The van der Waals surface area contributed by atoms with Crippen molar-refractivity contribution in [2.75, 3.05) is 7.11 Å². The molecule has 6 nitrogen and oxygen atoms in total. The van der Waals surface area contributed by atoms with Gasteiger partial charge < -0.3 is 4.74 Å². The van der Waals surface area contributed by atoms with E-state index in [1.54, 1.807) is 6.92 Å². The lowest BCUT2D eigenvalue weighted by atomic mass is 10.2. The first kappa shape index (κ1) is 16.3. The predicted octanol–water partition coefficient (Wildman–Crippen LogP) is 2.17. The summed E-state index contributed by atoms with van der Waals surface area (Å²) in [6.45, 7) is 1.71. The molecule has 1 aromatic heterocycles. The molecule has 1 heterocycles. The number of rotatable bonds is 4. The average Bonchev–Trinajstić information content (AvgIpc) is 2.46. The number of nitrogens with zero attached hydrogens (tertiary/aromatic N) is 1. The molecule has 0 atom stereocenters. The summed E-state index contributed by atoms with van der Waals surface area (Å²) in [5, 5.41) is 0.102. The van der Waals surface area contributed by atoms with Gasteiger partial charge in [0.1, 0.15) is 10.9 Å². The number of amides is 1. The molecule has 0 radical (unpaired) electrons. The number of carbonyl (C=O) groups excluding carboxylic acids is 1. The summed E-state index contributed by atoms with van der Waals surface area (Å²) in [5.41, 5.74) is 0.749. The van der Waals surface area contributed by atoms with E-state index in [1.807, 2.05) is 4.72 Å². The molecule has 1 aromatic carbocycles. The van der Waals surface area contributed by atoms with Crippen molar-refractivity contribution >= 4 is 27.5 Å². The van der Waals surface area contributed by atoms with Gasteiger partial charge in [0, 0.05) is 11.8 Å². The van der Waals surface area contributed by atoms with Crippen molar-refractivity contribution in [3.8, 4) is 5.75 Å². The van der Waals surface area contributed by atoms with Crippen molar-refractivity contribution in [1.29, 1.82) is 0 Å². The number of methoxy groups -OCH3 is 1. The predicted molar refractivity (Wildman–Crippen MR) is 81.6 cm³/mol. The standard InChI is InChI=1S/C14H13ClN2O4S/c1-9-7-11(3-4-12(9)21-2)22(19,20)17-14(18)10-5-6-16-13(15)8-10/h3-8H,1-2H3,(H,17,18). The molecule has 8 heteroatoms. The highest BCUT2D eigenvalue weighted by atomic mass is 35.5. The third kappa shape index (κ3) is 3.55. The fourth-order valence-corrected chi connectivity index (χ4v) is 3.03. The van der Waals surface area contributed by atoms with Crippen molar-refractivity contribution in [2.45, 2.75) is 11.8 Å². The van der Waals surface area contributed by atoms with Gasteiger partial charge in [0.2, 0.25) is 0 Å². The zero-order valence-electron chi connectivity index (χ0n) is 11.8. The molecule has 0 saturated heterocycles.